The molecule has 2 amide bonds. The summed E-state index contributed by atoms with van der Waals surface area (Å²) in [5.41, 5.74) is 2.10. The molecule has 0 saturated carbocycles. The van der Waals surface area contributed by atoms with Crippen LogP contribution >= 0.6 is 0 Å². The molecule has 27 heavy (non-hydrogen) atoms. The Morgan fingerprint density at radius 1 is 1.00 bits per heavy atom. The van der Waals surface area contributed by atoms with Gasteiger partial charge in [-0.3, -0.25) is 9.59 Å². The van der Waals surface area contributed by atoms with E-state index in [2.05, 4.69) is 24.0 Å². The molecular formula is C22H33N3O2. The van der Waals surface area contributed by atoms with E-state index in [0.717, 1.165) is 44.7 Å². The molecule has 0 radical (unpaired) electrons. The van der Waals surface area contributed by atoms with Crippen LogP contribution in [0.1, 0.15) is 52.4 Å². The second-order valence-electron chi connectivity index (χ2n) is 8.05. The van der Waals surface area contributed by atoms with Crippen LogP contribution in [0, 0.1) is 5.92 Å². The van der Waals surface area contributed by atoms with Crippen molar-refractivity contribution in [2.75, 3.05) is 42.5 Å². The SMILES string of the molecule is CC(=O)N(CCC(=O)N1CCC(C)CC1)c1ccc(N2CCCCC2)cc1. The van der Waals surface area contributed by atoms with Crippen LogP contribution < -0.4 is 9.80 Å². The molecule has 2 aliphatic heterocycles. The Bertz CT molecular complexity index is 629. The number of hydrogen-bond donors (Lipinski definition) is 0. The fraction of sp³-hybridized carbons (Fsp3) is 0.636. The second kappa shape index (κ2) is 9.25. The lowest BCUT2D eigenvalue weighted by Gasteiger charge is -2.31. The van der Waals surface area contributed by atoms with Crippen molar-refractivity contribution in [3.05, 3.63) is 24.3 Å². The Hall–Kier alpha value is -2.04. The van der Waals surface area contributed by atoms with Crippen LogP contribution in [0.15, 0.2) is 24.3 Å². The van der Waals surface area contributed by atoms with Gasteiger partial charge in [0.05, 0.1) is 0 Å². The van der Waals surface area contributed by atoms with Crippen molar-refractivity contribution < 1.29 is 9.59 Å². The van der Waals surface area contributed by atoms with E-state index in [9.17, 15) is 9.59 Å². The van der Waals surface area contributed by atoms with E-state index >= 15 is 0 Å². The van der Waals surface area contributed by atoms with Gasteiger partial charge in [0.1, 0.15) is 0 Å². The molecule has 2 saturated heterocycles. The minimum atomic E-state index is -0.0132. The van der Waals surface area contributed by atoms with Crippen LogP contribution in [-0.4, -0.2) is 49.4 Å². The molecule has 3 rings (SSSR count). The van der Waals surface area contributed by atoms with E-state index in [-0.39, 0.29) is 11.8 Å². The maximum absolute atomic E-state index is 12.5. The van der Waals surface area contributed by atoms with E-state index in [0.29, 0.717) is 18.9 Å². The van der Waals surface area contributed by atoms with Crippen molar-refractivity contribution >= 4 is 23.2 Å². The number of nitrogens with zero attached hydrogens (tertiary/aromatic N) is 3. The number of rotatable bonds is 5. The summed E-state index contributed by atoms with van der Waals surface area (Å²) >= 11 is 0. The number of benzene rings is 1. The topological polar surface area (TPSA) is 43.9 Å². The third-order valence-electron chi connectivity index (χ3n) is 5.95. The van der Waals surface area contributed by atoms with Gasteiger partial charge in [-0.15, -0.1) is 0 Å². The molecule has 5 heteroatoms. The fourth-order valence-corrected chi connectivity index (χ4v) is 4.09. The Balaban J connectivity index is 1.58. The Morgan fingerprint density at radius 2 is 1.63 bits per heavy atom. The summed E-state index contributed by atoms with van der Waals surface area (Å²) in [6, 6.07) is 8.23. The molecule has 2 heterocycles. The van der Waals surface area contributed by atoms with Crippen molar-refractivity contribution in [1.29, 1.82) is 0 Å². The predicted molar refractivity (Wildman–Crippen MR) is 110 cm³/mol. The average Bonchev–Trinajstić information content (AvgIpc) is 2.69. The first kappa shape index (κ1) is 19.7. The third-order valence-corrected chi connectivity index (χ3v) is 5.95. The normalized spacial score (nSPS) is 18.4. The first-order valence-corrected chi connectivity index (χ1v) is 10.5. The maximum atomic E-state index is 12.5. The highest BCUT2D eigenvalue weighted by molar-refractivity contribution is 5.92. The molecule has 2 aliphatic rings. The van der Waals surface area contributed by atoms with E-state index in [1.165, 1.54) is 24.9 Å². The van der Waals surface area contributed by atoms with Crippen LogP contribution in [0.25, 0.3) is 0 Å². The van der Waals surface area contributed by atoms with Crippen LogP contribution in [-0.2, 0) is 9.59 Å². The summed E-state index contributed by atoms with van der Waals surface area (Å²) in [6.45, 7) is 8.19. The second-order valence-corrected chi connectivity index (χ2v) is 8.05. The maximum Gasteiger partial charge on any atom is 0.224 e. The number of piperidine rings is 2. The van der Waals surface area contributed by atoms with Crippen LogP contribution in [0.3, 0.4) is 0 Å². The zero-order valence-corrected chi connectivity index (χ0v) is 16.8. The molecule has 2 fully saturated rings. The van der Waals surface area contributed by atoms with Gasteiger partial charge in [0.2, 0.25) is 11.8 Å². The van der Waals surface area contributed by atoms with Gasteiger partial charge >= 0.3 is 0 Å². The minimum Gasteiger partial charge on any atom is -0.372 e. The first-order valence-electron chi connectivity index (χ1n) is 10.5. The molecule has 0 aliphatic carbocycles. The molecule has 0 atom stereocenters. The average molecular weight is 372 g/mol. The number of likely N-dealkylation sites (tertiary alicyclic amines) is 1. The number of amides is 2. The molecule has 0 N–H and O–H groups in total. The summed E-state index contributed by atoms with van der Waals surface area (Å²) < 4.78 is 0. The lowest BCUT2D eigenvalue weighted by molar-refractivity contribution is -0.132. The molecule has 1 aromatic rings. The van der Waals surface area contributed by atoms with Crippen molar-refractivity contribution in [3.8, 4) is 0 Å². The lowest BCUT2D eigenvalue weighted by Crippen LogP contribution is -2.40. The molecule has 1 aromatic carbocycles. The Kier molecular flexibility index (Phi) is 6.75. The molecular weight excluding hydrogens is 338 g/mol. The van der Waals surface area contributed by atoms with Crippen molar-refractivity contribution in [2.45, 2.75) is 52.4 Å². The third kappa shape index (κ3) is 5.24. The van der Waals surface area contributed by atoms with Gasteiger partial charge in [0.15, 0.2) is 0 Å². The van der Waals surface area contributed by atoms with Crippen molar-refractivity contribution in [1.82, 2.24) is 4.90 Å². The molecule has 0 spiro atoms. The minimum absolute atomic E-state index is 0.0132. The summed E-state index contributed by atoms with van der Waals surface area (Å²) in [5, 5.41) is 0. The Labute approximate surface area is 163 Å². The zero-order valence-electron chi connectivity index (χ0n) is 16.8. The van der Waals surface area contributed by atoms with Gasteiger partial charge in [0, 0.05) is 57.4 Å². The van der Waals surface area contributed by atoms with Gasteiger partial charge < -0.3 is 14.7 Å². The van der Waals surface area contributed by atoms with Crippen molar-refractivity contribution in [2.24, 2.45) is 5.92 Å². The van der Waals surface area contributed by atoms with Crippen LogP contribution in [0.4, 0.5) is 11.4 Å². The van der Waals surface area contributed by atoms with Gasteiger partial charge in [-0.05, 0) is 62.3 Å². The zero-order chi connectivity index (χ0) is 19.2. The van der Waals surface area contributed by atoms with Crippen LogP contribution in [0.2, 0.25) is 0 Å². The van der Waals surface area contributed by atoms with E-state index in [4.69, 9.17) is 0 Å². The van der Waals surface area contributed by atoms with E-state index in [1.54, 1.807) is 11.8 Å². The highest BCUT2D eigenvalue weighted by Gasteiger charge is 2.22. The Morgan fingerprint density at radius 3 is 2.22 bits per heavy atom. The molecule has 0 bridgehead atoms. The highest BCUT2D eigenvalue weighted by Crippen LogP contribution is 2.24. The summed E-state index contributed by atoms with van der Waals surface area (Å²) in [5.74, 6) is 0.861. The molecule has 0 unspecified atom stereocenters. The molecule has 5 nitrogen and oxygen atoms in total. The summed E-state index contributed by atoms with van der Waals surface area (Å²) in [7, 11) is 0. The summed E-state index contributed by atoms with van der Waals surface area (Å²) in [4.78, 5) is 30.8. The standard InChI is InChI=1S/C22H33N3O2/c1-18-10-15-24(16-11-18)22(27)12-17-25(19(2)26)21-8-6-20(7-9-21)23-13-4-3-5-14-23/h6-9,18H,3-5,10-17H2,1-2H3. The van der Waals surface area contributed by atoms with Gasteiger partial charge in [-0.1, -0.05) is 6.92 Å². The van der Waals surface area contributed by atoms with Gasteiger partial charge in [-0.25, -0.2) is 0 Å². The van der Waals surface area contributed by atoms with Crippen molar-refractivity contribution in [3.63, 3.8) is 0 Å². The molecule has 0 aromatic heterocycles. The monoisotopic (exact) mass is 371 g/mol. The quantitative estimate of drug-likeness (QED) is 0.793. The van der Waals surface area contributed by atoms with Gasteiger partial charge in [-0.2, -0.15) is 0 Å². The fourth-order valence-electron chi connectivity index (χ4n) is 4.09. The van der Waals surface area contributed by atoms with E-state index in [1.807, 2.05) is 17.0 Å². The molecule has 148 valence electrons. The van der Waals surface area contributed by atoms with Gasteiger partial charge in [0.25, 0.3) is 0 Å². The largest absolute Gasteiger partial charge is 0.372 e. The summed E-state index contributed by atoms with van der Waals surface area (Å²) in [6.07, 6.45) is 6.37. The number of hydrogen-bond acceptors (Lipinski definition) is 3. The smallest absolute Gasteiger partial charge is 0.224 e. The number of carbonyl (C=O) groups is 2. The number of carbonyl (C=O) groups excluding carboxylic acids is 2. The van der Waals surface area contributed by atoms with E-state index < -0.39 is 0 Å². The number of anilines is 2. The van der Waals surface area contributed by atoms with Crippen LogP contribution in [0.5, 0.6) is 0 Å². The first-order chi connectivity index (χ1) is 13.0. The highest BCUT2D eigenvalue weighted by atomic mass is 16.2. The lowest BCUT2D eigenvalue weighted by atomic mass is 9.99. The predicted octanol–water partition coefficient (Wildman–Crippen LogP) is 3.68.